The number of hydrogen-bond donors (Lipinski definition) is 2. The molecule has 0 fully saturated rings. The van der Waals surface area contributed by atoms with E-state index in [1.165, 1.54) is 6.33 Å². The van der Waals surface area contributed by atoms with Crippen LogP contribution in [0.4, 0.5) is 11.5 Å². The number of fused-ring (bicyclic) bond motifs is 1. The van der Waals surface area contributed by atoms with Crippen LogP contribution in [0.5, 0.6) is 0 Å². The molecule has 0 bridgehead atoms. The van der Waals surface area contributed by atoms with Crippen LogP contribution < -0.4 is 10.6 Å². The van der Waals surface area contributed by atoms with E-state index in [2.05, 4.69) is 20.6 Å². The van der Waals surface area contributed by atoms with Crippen molar-refractivity contribution >= 4 is 28.3 Å². The third-order valence-electron chi connectivity index (χ3n) is 3.70. The van der Waals surface area contributed by atoms with Crippen molar-refractivity contribution in [2.45, 2.75) is 13.8 Å². The Morgan fingerprint density at radius 1 is 1.00 bits per heavy atom. The summed E-state index contributed by atoms with van der Waals surface area (Å²) in [5.74, 6) is 0.553. The molecule has 0 radical (unpaired) electrons. The largest absolute Gasteiger partial charge is 0.360 e. The average Bonchev–Trinajstić information content (AvgIpc) is 2.56. The molecule has 1 amide bonds. The first kappa shape index (κ1) is 15.0. The highest BCUT2D eigenvalue weighted by Gasteiger charge is 2.08. The van der Waals surface area contributed by atoms with Gasteiger partial charge in [-0.15, -0.1) is 0 Å². The minimum atomic E-state index is -0.106. The quantitative estimate of drug-likeness (QED) is 0.776. The van der Waals surface area contributed by atoms with Crippen LogP contribution in [0.3, 0.4) is 0 Å². The summed E-state index contributed by atoms with van der Waals surface area (Å²) < 4.78 is 0. The summed E-state index contributed by atoms with van der Waals surface area (Å²) in [6, 6.07) is 13.6. The van der Waals surface area contributed by atoms with Crippen LogP contribution in [0.2, 0.25) is 0 Å². The highest BCUT2D eigenvalue weighted by Crippen LogP contribution is 2.20. The molecule has 23 heavy (non-hydrogen) atoms. The lowest BCUT2D eigenvalue weighted by Gasteiger charge is -2.12. The maximum absolute atomic E-state index is 12.2. The normalized spacial score (nSPS) is 10.5. The highest BCUT2D eigenvalue weighted by atomic mass is 16.1. The summed E-state index contributed by atoms with van der Waals surface area (Å²) >= 11 is 0. The van der Waals surface area contributed by atoms with Crippen molar-refractivity contribution in [1.82, 2.24) is 9.97 Å². The van der Waals surface area contributed by atoms with Gasteiger partial charge in [-0.05, 0) is 37.1 Å². The van der Waals surface area contributed by atoms with Crippen LogP contribution in [0.25, 0.3) is 10.9 Å². The van der Waals surface area contributed by atoms with Gasteiger partial charge in [-0.1, -0.05) is 30.3 Å². The first-order valence-corrected chi connectivity index (χ1v) is 7.45. The number of benzene rings is 2. The fourth-order valence-electron chi connectivity index (χ4n) is 2.50. The number of amides is 1. The van der Waals surface area contributed by atoms with E-state index in [0.29, 0.717) is 5.82 Å². The average molecular weight is 306 g/mol. The van der Waals surface area contributed by atoms with Crippen molar-refractivity contribution in [2.24, 2.45) is 0 Å². The van der Waals surface area contributed by atoms with Crippen LogP contribution in [-0.2, 0) is 4.79 Å². The highest BCUT2D eigenvalue weighted by molar-refractivity contribution is 5.96. The van der Waals surface area contributed by atoms with Crippen LogP contribution in [0, 0.1) is 13.8 Å². The number of nitrogens with zero attached hydrogens (tertiary/aromatic N) is 2. The van der Waals surface area contributed by atoms with E-state index in [0.717, 1.165) is 27.7 Å². The van der Waals surface area contributed by atoms with Crippen molar-refractivity contribution < 1.29 is 4.79 Å². The lowest BCUT2D eigenvalue weighted by atomic mass is 10.1. The van der Waals surface area contributed by atoms with Gasteiger partial charge in [0.05, 0.1) is 12.1 Å². The lowest BCUT2D eigenvalue weighted by Crippen LogP contribution is -2.23. The Bertz CT molecular complexity index is 835. The number of carbonyl (C=O) groups excluding carboxylic acids is 1. The van der Waals surface area contributed by atoms with E-state index in [1.54, 1.807) is 0 Å². The molecule has 0 aliphatic carbocycles. The van der Waals surface area contributed by atoms with Gasteiger partial charge in [-0.25, -0.2) is 9.97 Å². The van der Waals surface area contributed by atoms with E-state index in [-0.39, 0.29) is 12.5 Å². The molecule has 1 heterocycles. The van der Waals surface area contributed by atoms with Crippen molar-refractivity contribution in [3.05, 3.63) is 59.9 Å². The maximum Gasteiger partial charge on any atom is 0.243 e. The molecule has 2 N–H and O–H groups in total. The molecular weight excluding hydrogens is 288 g/mol. The molecule has 0 unspecified atom stereocenters. The maximum atomic E-state index is 12.2. The number of aromatic nitrogens is 2. The van der Waals surface area contributed by atoms with Crippen molar-refractivity contribution in [3.8, 4) is 0 Å². The monoisotopic (exact) mass is 306 g/mol. The number of nitrogens with one attached hydrogen (secondary N) is 2. The van der Waals surface area contributed by atoms with Crippen LogP contribution in [-0.4, -0.2) is 22.4 Å². The van der Waals surface area contributed by atoms with Crippen LogP contribution in [0.15, 0.2) is 48.8 Å². The molecular formula is C18H18N4O. The zero-order valence-electron chi connectivity index (χ0n) is 13.1. The molecule has 1 aromatic heterocycles. The summed E-state index contributed by atoms with van der Waals surface area (Å²) in [5.41, 5.74) is 3.81. The molecule has 0 aliphatic heterocycles. The van der Waals surface area contributed by atoms with Gasteiger partial charge >= 0.3 is 0 Å². The predicted molar refractivity (Wildman–Crippen MR) is 92.6 cm³/mol. The second-order valence-corrected chi connectivity index (χ2v) is 5.41. The van der Waals surface area contributed by atoms with Crippen LogP contribution >= 0.6 is 0 Å². The standard InChI is InChI=1S/C18H18N4O/c1-12-6-5-7-13(2)17(12)22-16(23)10-19-18-14-8-3-4-9-15(14)20-11-21-18/h3-9,11H,10H2,1-2H3,(H,22,23)(H,19,20,21). The molecule has 0 saturated carbocycles. The Labute approximate surface area is 134 Å². The third kappa shape index (κ3) is 3.29. The Hall–Kier alpha value is -2.95. The number of aryl methyl sites for hydroxylation is 2. The minimum absolute atomic E-state index is 0.106. The number of carbonyl (C=O) groups is 1. The van der Waals surface area contributed by atoms with Gasteiger partial charge in [-0.2, -0.15) is 0 Å². The summed E-state index contributed by atoms with van der Waals surface area (Å²) in [6.45, 7) is 4.11. The Kier molecular flexibility index (Phi) is 4.19. The molecule has 5 nitrogen and oxygen atoms in total. The fourth-order valence-corrected chi connectivity index (χ4v) is 2.50. The molecule has 0 saturated heterocycles. The fraction of sp³-hybridized carbons (Fsp3) is 0.167. The molecule has 0 spiro atoms. The molecule has 116 valence electrons. The van der Waals surface area contributed by atoms with Gasteiger partial charge in [-0.3, -0.25) is 4.79 Å². The van der Waals surface area contributed by atoms with E-state index < -0.39 is 0 Å². The lowest BCUT2D eigenvalue weighted by molar-refractivity contribution is -0.114. The second kappa shape index (κ2) is 6.44. The summed E-state index contributed by atoms with van der Waals surface area (Å²) in [7, 11) is 0. The van der Waals surface area contributed by atoms with Crippen molar-refractivity contribution in [2.75, 3.05) is 17.2 Å². The van der Waals surface area contributed by atoms with E-state index in [1.807, 2.05) is 56.3 Å². The third-order valence-corrected chi connectivity index (χ3v) is 3.70. The number of rotatable bonds is 4. The first-order chi connectivity index (χ1) is 11.1. The van der Waals surface area contributed by atoms with Crippen LogP contribution in [0.1, 0.15) is 11.1 Å². The van der Waals surface area contributed by atoms with Gasteiger partial charge in [0.25, 0.3) is 0 Å². The summed E-state index contributed by atoms with van der Waals surface area (Å²) in [4.78, 5) is 20.6. The van der Waals surface area contributed by atoms with Crippen molar-refractivity contribution in [3.63, 3.8) is 0 Å². The molecule has 5 heteroatoms. The Morgan fingerprint density at radius 2 is 1.74 bits per heavy atom. The van der Waals surface area contributed by atoms with Gasteiger partial charge in [0, 0.05) is 11.1 Å². The molecule has 0 aliphatic rings. The molecule has 3 aromatic rings. The zero-order chi connectivity index (χ0) is 16.2. The van der Waals surface area contributed by atoms with Gasteiger partial charge in [0.2, 0.25) is 5.91 Å². The Morgan fingerprint density at radius 3 is 2.52 bits per heavy atom. The van der Waals surface area contributed by atoms with E-state index >= 15 is 0 Å². The van der Waals surface area contributed by atoms with E-state index in [4.69, 9.17) is 0 Å². The number of anilines is 2. The minimum Gasteiger partial charge on any atom is -0.360 e. The van der Waals surface area contributed by atoms with Gasteiger partial charge < -0.3 is 10.6 Å². The van der Waals surface area contributed by atoms with Gasteiger partial charge in [0.15, 0.2) is 0 Å². The van der Waals surface area contributed by atoms with Crippen molar-refractivity contribution in [1.29, 1.82) is 0 Å². The van der Waals surface area contributed by atoms with Gasteiger partial charge in [0.1, 0.15) is 12.1 Å². The Balaban J connectivity index is 1.71. The SMILES string of the molecule is Cc1cccc(C)c1NC(=O)CNc1ncnc2ccccc12. The molecule has 0 atom stereocenters. The number of para-hydroxylation sites is 2. The second-order valence-electron chi connectivity index (χ2n) is 5.41. The number of hydrogen-bond acceptors (Lipinski definition) is 4. The summed E-state index contributed by atoms with van der Waals surface area (Å²) in [6.07, 6.45) is 1.49. The smallest absolute Gasteiger partial charge is 0.243 e. The first-order valence-electron chi connectivity index (χ1n) is 7.45. The van der Waals surface area contributed by atoms with E-state index in [9.17, 15) is 4.79 Å². The molecule has 3 rings (SSSR count). The topological polar surface area (TPSA) is 66.9 Å². The molecule has 2 aromatic carbocycles. The summed E-state index contributed by atoms with van der Waals surface area (Å²) in [5, 5.41) is 6.93. The zero-order valence-corrected chi connectivity index (χ0v) is 13.1. The predicted octanol–water partition coefficient (Wildman–Crippen LogP) is 3.30.